The normalized spacial score (nSPS) is 18.4. The van der Waals surface area contributed by atoms with Crippen molar-refractivity contribution >= 4 is 80.8 Å². The number of nitrogens with two attached hydrogens (primary N) is 1. The third-order valence-electron chi connectivity index (χ3n) is 5.24. The Bertz CT molecular complexity index is 1350. The Morgan fingerprint density at radius 1 is 1.31 bits per heavy atom. The average Bonchev–Trinajstić information content (AvgIpc) is 3.42. The van der Waals surface area contributed by atoms with Gasteiger partial charge >= 0.3 is 59.1 Å². The number of rotatable bonds is 10. The predicted molar refractivity (Wildman–Crippen MR) is 133 cm³/mol. The summed E-state index contributed by atoms with van der Waals surface area (Å²) in [5.41, 5.74) is 6.41. The Morgan fingerprint density at radius 3 is 2.62 bits per heavy atom. The van der Waals surface area contributed by atoms with Crippen LogP contribution in [0.2, 0.25) is 0 Å². The number of carbonyl (C=O) groups excluding carboxylic acids is 4. The molecule has 0 aromatic carbocycles. The standard InChI is InChI=1S/C20H20N6O7S4.2Na/c1-7-10(3-11(27)28)37-20(22-7)36-5-8-4-34-17-13(16(30)26(17)14(8)18(31)32)24-15(29)12(25-33-2)9-6-35-19(21)23-9;;/h6,13,17H,3-5H2,1-2H3,(H2,21,23)(H,24,29)(H,27,28)(H,31,32);;/q;2*+1/p-2/t13-,17-;;/m1../s1. The van der Waals surface area contributed by atoms with Gasteiger partial charge in [-0.05, 0) is 12.5 Å². The molecule has 4 heterocycles. The Morgan fingerprint density at radius 2 is 2.03 bits per heavy atom. The second-order valence-electron chi connectivity index (χ2n) is 7.62. The van der Waals surface area contributed by atoms with Crippen molar-refractivity contribution < 1.29 is 93.3 Å². The number of hydrogen-bond donors (Lipinski definition) is 2. The van der Waals surface area contributed by atoms with Crippen LogP contribution in [0.5, 0.6) is 0 Å². The van der Waals surface area contributed by atoms with E-state index in [-0.39, 0.29) is 99.3 Å². The molecule has 2 atom stereocenters. The number of thiazole rings is 2. The molecule has 2 aromatic heterocycles. The maximum atomic E-state index is 12.9. The second kappa shape index (κ2) is 14.7. The van der Waals surface area contributed by atoms with Crippen LogP contribution in [-0.4, -0.2) is 74.4 Å². The van der Waals surface area contributed by atoms with Gasteiger partial charge in [0.05, 0.1) is 17.4 Å². The molecule has 0 radical (unpaired) electrons. The molecular formula is C20H18N6Na2O7S4. The third-order valence-corrected chi connectivity index (χ3v) is 9.64. The fourth-order valence-corrected chi connectivity index (χ4v) is 7.84. The number of aliphatic carboxylic acids is 2. The summed E-state index contributed by atoms with van der Waals surface area (Å²) in [4.78, 5) is 63.4. The van der Waals surface area contributed by atoms with Gasteiger partial charge in [-0.1, -0.05) is 16.9 Å². The van der Waals surface area contributed by atoms with E-state index in [0.717, 1.165) is 16.2 Å². The van der Waals surface area contributed by atoms with Crippen LogP contribution in [0, 0.1) is 6.92 Å². The van der Waals surface area contributed by atoms with E-state index >= 15 is 0 Å². The zero-order valence-corrected chi connectivity index (χ0v) is 28.5. The molecule has 0 bridgehead atoms. The van der Waals surface area contributed by atoms with Crippen LogP contribution in [-0.2, 0) is 30.4 Å². The zero-order valence-electron chi connectivity index (χ0n) is 21.2. The van der Waals surface area contributed by atoms with E-state index < -0.39 is 35.2 Å². The number of carboxylic acids is 2. The first-order valence-electron chi connectivity index (χ1n) is 10.4. The van der Waals surface area contributed by atoms with Crippen LogP contribution in [0.15, 0.2) is 26.1 Å². The van der Waals surface area contributed by atoms with Crippen molar-refractivity contribution in [3.63, 3.8) is 0 Å². The molecule has 1 saturated heterocycles. The van der Waals surface area contributed by atoms with Crippen LogP contribution in [0.4, 0.5) is 5.13 Å². The van der Waals surface area contributed by atoms with Gasteiger partial charge in [-0.2, -0.15) is 0 Å². The topological polar surface area (TPSA) is 203 Å². The van der Waals surface area contributed by atoms with E-state index in [1.807, 2.05) is 0 Å². The molecule has 2 aromatic rings. The number of hydrogen-bond acceptors (Lipinski definition) is 15. The number of anilines is 1. The van der Waals surface area contributed by atoms with E-state index in [2.05, 4.69) is 20.4 Å². The van der Waals surface area contributed by atoms with Crippen molar-refractivity contribution in [2.75, 3.05) is 24.3 Å². The number of nitrogen functional groups attached to an aromatic ring is 1. The quantitative estimate of drug-likeness (QED) is 0.0829. The first-order chi connectivity index (χ1) is 17.6. The minimum atomic E-state index is -1.51. The molecule has 1 fully saturated rings. The van der Waals surface area contributed by atoms with Gasteiger partial charge in [0.25, 0.3) is 11.8 Å². The van der Waals surface area contributed by atoms with Gasteiger partial charge in [0.2, 0.25) is 0 Å². The van der Waals surface area contributed by atoms with Crippen molar-refractivity contribution in [3.05, 3.63) is 32.9 Å². The number of aryl methyl sites for hydroxylation is 1. The van der Waals surface area contributed by atoms with E-state index in [0.29, 0.717) is 20.5 Å². The summed E-state index contributed by atoms with van der Waals surface area (Å²) in [6.07, 6.45) is -0.253. The smallest absolute Gasteiger partial charge is 0.550 e. The van der Waals surface area contributed by atoms with Crippen molar-refractivity contribution in [1.29, 1.82) is 0 Å². The van der Waals surface area contributed by atoms with Crippen molar-refractivity contribution in [1.82, 2.24) is 20.2 Å². The molecule has 0 unspecified atom stereocenters. The van der Waals surface area contributed by atoms with Crippen molar-refractivity contribution in [3.8, 4) is 0 Å². The zero-order chi connectivity index (χ0) is 26.9. The van der Waals surface area contributed by atoms with E-state index in [1.165, 1.54) is 47.4 Å². The van der Waals surface area contributed by atoms with E-state index in [4.69, 9.17) is 10.6 Å². The molecule has 0 aliphatic carbocycles. The molecule has 0 saturated carbocycles. The summed E-state index contributed by atoms with van der Waals surface area (Å²) in [7, 11) is 1.25. The van der Waals surface area contributed by atoms with Crippen LogP contribution in [0.25, 0.3) is 0 Å². The van der Waals surface area contributed by atoms with Gasteiger partial charge in [-0.3, -0.25) is 14.5 Å². The summed E-state index contributed by atoms with van der Waals surface area (Å²) in [5, 5.41) is 30.2. The van der Waals surface area contributed by atoms with Gasteiger partial charge in [-0.25, -0.2) is 9.97 Å². The van der Waals surface area contributed by atoms with E-state index in [1.54, 1.807) is 6.92 Å². The first-order valence-corrected chi connectivity index (χ1v) is 14.1. The van der Waals surface area contributed by atoms with Gasteiger partial charge in [0, 0.05) is 34.2 Å². The van der Waals surface area contributed by atoms with Crippen LogP contribution >= 0.6 is 46.2 Å². The summed E-state index contributed by atoms with van der Waals surface area (Å²) in [6.45, 7) is 1.69. The number of carbonyl (C=O) groups is 4. The number of β-lactam (4-membered cyclic amide) rings is 1. The number of fused-ring (bicyclic) bond motifs is 1. The molecule has 0 spiro atoms. The minimum absolute atomic E-state index is 0. The van der Waals surface area contributed by atoms with Crippen molar-refractivity contribution in [2.24, 2.45) is 5.16 Å². The summed E-state index contributed by atoms with van der Waals surface area (Å²) in [6, 6.07) is -0.993. The second-order valence-corrected chi connectivity index (χ2v) is 11.9. The van der Waals surface area contributed by atoms with E-state index in [9.17, 15) is 29.4 Å². The summed E-state index contributed by atoms with van der Waals surface area (Å²) in [5.74, 6) is -3.58. The van der Waals surface area contributed by atoms with Gasteiger partial charge in [0.15, 0.2) is 15.2 Å². The van der Waals surface area contributed by atoms with Gasteiger partial charge in [0.1, 0.15) is 24.2 Å². The molecule has 39 heavy (non-hydrogen) atoms. The third kappa shape index (κ3) is 7.58. The Kier molecular flexibility index (Phi) is 12.8. The molecule has 2 aliphatic rings. The molecule has 2 aliphatic heterocycles. The van der Waals surface area contributed by atoms with Crippen LogP contribution < -0.4 is 80.4 Å². The molecular weight excluding hydrogens is 611 g/mol. The maximum Gasteiger partial charge on any atom is 1.00 e. The SMILES string of the molecule is CON=C(C(=O)N[C@@H]1C(=O)N2C(C(=O)[O-])=C(CSc3nc(C)c(CC(=O)[O-])s3)CS[C@H]12)c1csc(N)n1.[Na+].[Na+]. The Balaban J connectivity index is 0.00000267. The average molecular weight is 629 g/mol. The number of nitrogens with one attached hydrogen (secondary N) is 1. The molecule has 13 nitrogen and oxygen atoms in total. The predicted octanol–water partition coefficient (Wildman–Crippen LogP) is -7.66. The summed E-state index contributed by atoms with van der Waals surface area (Å²) < 4.78 is 0.568. The number of nitrogens with zero attached hydrogens (tertiary/aromatic N) is 4. The summed E-state index contributed by atoms with van der Waals surface area (Å²) >= 11 is 4.83. The fourth-order valence-electron chi connectivity index (χ4n) is 3.59. The minimum Gasteiger partial charge on any atom is -0.550 e. The number of oxime groups is 1. The molecule has 19 heteroatoms. The molecule has 2 amide bonds. The fraction of sp³-hybridized carbons (Fsp3) is 0.350. The van der Waals surface area contributed by atoms with Crippen LogP contribution in [0.3, 0.4) is 0 Å². The largest absolute Gasteiger partial charge is 1.00 e. The van der Waals surface area contributed by atoms with Crippen molar-refractivity contribution in [2.45, 2.75) is 29.1 Å². The molecule has 4 rings (SSSR count). The maximum absolute atomic E-state index is 12.9. The Labute approximate surface area is 283 Å². The Hall–Kier alpha value is -1.15. The van der Waals surface area contributed by atoms with Gasteiger partial charge < -0.3 is 35.7 Å². The van der Waals surface area contributed by atoms with Gasteiger partial charge in [-0.15, -0.1) is 34.4 Å². The van der Waals surface area contributed by atoms with Crippen LogP contribution in [0.1, 0.15) is 16.3 Å². The number of aromatic nitrogens is 2. The monoisotopic (exact) mass is 628 g/mol. The number of thioether (sulfide) groups is 2. The first kappa shape index (κ1) is 34.1. The molecule has 3 N–H and O–H groups in total. The molecule has 196 valence electrons. The number of amides is 2. The number of carboxylic acid groups (broad SMARTS) is 2.